The highest BCUT2D eigenvalue weighted by Gasteiger charge is 2.37. The van der Waals surface area contributed by atoms with Crippen LogP contribution in [0.1, 0.15) is 12.8 Å². The van der Waals surface area contributed by atoms with Crippen LogP contribution >= 0.6 is 0 Å². The summed E-state index contributed by atoms with van der Waals surface area (Å²) in [5.41, 5.74) is 0. The van der Waals surface area contributed by atoms with Crippen molar-refractivity contribution in [2.45, 2.75) is 18.9 Å². The number of carbonyl (C=O) groups is 1. The number of hydrogen-bond acceptors (Lipinski definition) is 3. The number of hydrogen-bond donors (Lipinski definition) is 2. The summed E-state index contributed by atoms with van der Waals surface area (Å²) < 4.78 is 25.6. The molecular weight excluding hydrogens is 196 g/mol. The molecule has 13 heavy (non-hydrogen) atoms. The van der Waals surface area contributed by atoms with Crippen LogP contribution in [0.4, 0.5) is 0 Å². The standard InChI is InChI=1S/C6H12N2O4S/c1-7-13(11,12)8-4-2-3-5(8)6(9)10/h5,7H,2-4H2,1H3,(H,9,10)/t5-/m0/s1. The summed E-state index contributed by atoms with van der Waals surface area (Å²) in [5.74, 6) is -1.09. The molecule has 0 spiro atoms. The minimum absolute atomic E-state index is 0.278. The van der Waals surface area contributed by atoms with E-state index >= 15 is 0 Å². The van der Waals surface area contributed by atoms with Gasteiger partial charge in [-0.3, -0.25) is 4.79 Å². The Morgan fingerprint density at radius 1 is 1.62 bits per heavy atom. The van der Waals surface area contributed by atoms with E-state index in [0.717, 1.165) is 4.31 Å². The predicted molar refractivity (Wildman–Crippen MR) is 45.3 cm³/mol. The van der Waals surface area contributed by atoms with E-state index < -0.39 is 22.2 Å². The van der Waals surface area contributed by atoms with E-state index in [-0.39, 0.29) is 6.54 Å². The Bertz CT molecular complexity index is 300. The zero-order chi connectivity index (χ0) is 10.1. The van der Waals surface area contributed by atoms with Crippen molar-refractivity contribution in [2.24, 2.45) is 0 Å². The van der Waals surface area contributed by atoms with Crippen molar-refractivity contribution in [2.75, 3.05) is 13.6 Å². The molecule has 0 saturated carbocycles. The molecule has 1 heterocycles. The van der Waals surface area contributed by atoms with Crippen LogP contribution in [0, 0.1) is 0 Å². The molecule has 0 aromatic carbocycles. The molecule has 6 nitrogen and oxygen atoms in total. The van der Waals surface area contributed by atoms with Crippen molar-refractivity contribution >= 4 is 16.2 Å². The minimum atomic E-state index is -3.59. The third-order valence-corrected chi connectivity index (χ3v) is 3.63. The van der Waals surface area contributed by atoms with E-state index in [1.54, 1.807) is 0 Å². The molecule has 1 fully saturated rings. The molecular formula is C6H12N2O4S. The number of nitrogens with zero attached hydrogens (tertiary/aromatic N) is 1. The van der Waals surface area contributed by atoms with Gasteiger partial charge < -0.3 is 5.11 Å². The molecule has 0 radical (unpaired) electrons. The van der Waals surface area contributed by atoms with Gasteiger partial charge in [0, 0.05) is 13.6 Å². The molecule has 0 bridgehead atoms. The average molecular weight is 208 g/mol. The second-order valence-corrected chi connectivity index (χ2v) is 4.64. The lowest BCUT2D eigenvalue weighted by molar-refractivity contribution is -0.140. The van der Waals surface area contributed by atoms with Gasteiger partial charge in [0.15, 0.2) is 0 Å². The first-order valence-electron chi connectivity index (χ1n) is 3.92. The fourth-order valence-corrected chi connectivity index (χ4v) is 2.53. The first kappa shape index (κ1) is 10.4. The van der Waals surface area contributed by atoms with Crippen molar-refractivity contribution in [3.05, 3.63) is 0 Å². The van der Waals surface area contributed by atoms with Gasteiger partial charge in [-0.1, -0.05) is 0 Å². The third-order valence-electron chi connectivity index (χ3n) is 2.06. The molecule has 1 saturated heterocycles. The summed E-state index contributed by atoms with van der Waals surface area (Å²) in [6.07, 6.45) is 0.980. The Balaban J connectivity index is 2.86. The lowest BCUT2D eigenvalue weighted by Gasteiger charge is -2.19. The predicted octanol–water partition coefficient (Wildman–Crippen LogP) is -1.00. The van der Waals surface area contributed by atoms with Gasteiger partial charge >= 0.3 is 5.97 Å². The van der Waals surface area contributed by atoms with E-state index in [0.29, 0.717) is 12.8 Å². The van der Waals surface area contributed by atoms with Gasteiger partial charge in [0.2, 0.25) is 0 Å². The Morgan fingerprint density at radius 3 is 2.69 bits per heavy atom. The number of rotatable bonds is 3. The van der Waals surface area contributed by atoms with Gasteiger partial charge in [-0.25, -0.2) is 4.72 Å². The zero-order valence-electron chi connectivity index (χ0n) is 7.23. The number of aliphatic carboxylic acids is 1. The summed E-state index contributed by atoms with van der Waals surface area (Å²) in [6, 6.07) is -0.905. The Kier molecular flexibility index (Phi) is 2.89. The summed E-state index contributed by atoms with van der Waals surface area (Å²) in [6.45, 7) is 0.278. The number of carboxylic acid groups (broad SMARTS) is 1. The van der Waals surface area contributed by atoms with Crippen molar-refractivity contribution in [3.8, 4) is 0 Å². The van der Waals surface area contributed by atoms with Crippen LogP contribution in [0.5, 0.6) is 0 Å². The zero-order valence-corrected chi connectivity index (χ0v) is 8.04. The molecule has 76 valence electrons. The normalized spacial score (nSPS) is 24.8. The van der Waals surface area contributed by atoms with E-state index in [2.05, 4.69) is 4.72 Å². The van der Waals surface area contributed by atoms with Gasteiger partial charge in [0.25, 0.3) is 10.2 Å². The molecule has 1 rings (SSSR count). The van der Waals surface area contributed by atoms with E-state index in [4.69, 9.17) is 5.11 Å². The monoisotopic (exact) mass is 208 g/mol. The van der Waals surface area contributed by atoms with Gasteiger partial charge in [0.1, 0.15) is 6.04 Å². The van der Waals surface area contributed by atoms with Crippen LogP contribution in [0.2, 0.25) is 0 Å². The van der Waals surface area contributed by atoms with Crippen molar-refractivity contribution in [1.29, 1.82) is 0 Å². The number of nitrogens with one attached hydrogen (secondary N) is 1. The van der Waals surface area contributed by atoms with Crippen LogP contribution in [-0.2, 0) is 15.0 Å². The second kappa shape index (κ2) is 3.60. The van der Waals surface area contributed by atoms with Gasteiger partial charge in [0.05, 0.1) is 0 Å². The summed E-state index contributed by atoms with van der Waals surface area (Å²) in [7, 11) is -2.32. The molecule has 0 amide bonds. The molecule has 0 aromatic rings. The Labute approximate surface area is 76.7 Å². The van der Waals surface area contributed by atoms with Crippen LogP contribution < -0.4 is 4.72 Å². The van der Waals surface area contributed by atoms with Crippen LogP contribution in [0.25, 0.3) is 0 Å². The lowest BCUT2D eigenvalue weighted by Crippen LogP contribution is -2.45. The molecule has 1 aliphatic heterocycles. The quantitative estimate of drug-likeness (QED) is 0.622. The fraction of sp³-hybridized carbons (Fsp3) is 0.833. The SMILES string of the molecule is CNS(=O)(=O)N1CCC[C@H]1C(=O)O. The Morgan fingerprint density at radius 2 is 2.23 bits per heavy atom. The summed E-state index contributed by atoms with van der Waals surface area (Å²) in [5, 5.41) is 8.71. The highest BCUT2D eigenvalue weighted by Crippen LogP contribution is 2.19. The van der Waals surface area contributed by atoms with Crippen molar-refractivity contribution in [1.82, 2.24) is 9.03 Å². The highest BCUT2D eigenvalue weighted by molar-refractivity contribution is 7.87. The molecule has 7 heteroatoms. The van der Waals surface area contributed by atoms with Gasteiger partial charge in [-0.15, -0.1) is 0 Å². The largest absolute Gasteiger partial charge is 0.480 e. The van der Waals surface area contributed by atoms with Crippen molar-refractivity contribution < 1.29 is 18.3 Å². The minimum Gasteiger partial charge on any atom is -0.480 e. The smallest absolute Gasteiger partial charge is 0.322 e. The average Bonchev–Trinajstić information content (AvgIpc) is 2.52. The van der Waals surface area contributed by atoms with Crippen LogP contribution in [-0.4, -0.2) is 43.4 Å². The molecule has 1 aliphatic rings. The van der Waals surface area contributed by atoms with Crippen LogP contribution in [0.3, 0.4) is 0 Å². The van der Waals surface area contributed by atoms with Crippen LogP contribution in [0.15, 0.2) is 0 Å². The maximum Gasteiger partial charge on any atom is 0.322 e. The first-order valence-corrected chi connectivity index (χ1v) is 5.36. The fourth-order valence-electron chi connectivity index (χ4n) is 1.39. The molecule has 0 unspecified atom stereocenters. The lowest BCUT2D eigenvalue weighted by atomic mass is 10.2. The van der Waals surface area contributed by atoms with Crippen molar-refractivity contribution in [3.63, 3.8) is 0 Å². The van der Waals surface area contributed by atoms with E-state index in [1.807, 2.05) is 0 Å². The molecule has 0 aromatic heterocycles. The van der Waals surface area contributed by atoms with E-state index in [1.165, 1.54) is 7.05 Å². The molecule has 2 N–H and O–H groups in total. The summed E-state index contributed by atoms with van der Waals surface area (Å²) in [4.78, 5) is 10.6. The van der Waals surface area contributed by atoms with Gasteiger partial charge in [-0.2, -0.15) is 12.7 Å². The third kappa shape index (κ3) is 1.98. The van der Waals surface area contributed by atoms with Gasteiger partial charge in [-0.05, 0) is 12.8 Å². The Hall–Kier alpha value is -0.660. The molecule has 0 aliphatic carbocycles. The first-order chi connectivity index (χ1) is 5.99. The maximum absolute atomic E-state index is 11.3. The highest BCUT2D eigenvalue weighted by atomic mass is 32.2. The second-order valence-electron chi connectivity index (χ2n) is 2.82. The summed E-state index contributed by atoms with van der Waals surface area (Å²) >= 11 is 0. The number of carboxylic acids is 1. The maximum atomic E-state index is 11.3. The van der Waals surface area contributed by atoms with E-state index in [9.17, 15) is 13.2 Å². The molecule has 1 atom stereocenters. The topological polar surface area (TPSA) is 86.7 Å².